The van der Waals surface area contributed by atoms with Gasteiger partial charge in [0.25, 0.3) is 0 Å². The van der Waals surface area contributed by atoms with Crippen molar-refractivity contribution < 1.29 is 14.3 Å². The summed E-state index contributed by atoms with van der Waals surface area (Å²) in [6, 6.07) is 3.81. The quantitative estimate of drug-likeness (QED) is 0.618. The Balaban J connectivity index is 2.16. The molecule has 1 heterocycles. The van der Waals surface area contributed by atoms with Gasteiger partial charge in [-0.05, 0) is 34.8 Å². The van der Waals surface area contributed by atoms with Gasteiger partial charge in [-0.3, -0.25) is 0 Å². The Labute approximate surface area is 100 Å². The van der Waals surface area contributed by atoms with Crippen molar-refractivity contribution >= 4 is 22.0 Å². The van der Waals surface area contributed by atoms with Gasteiger partial charge >= 0.3 is 0 Å². The predicted octanol–water partition coefficient (Wildman–Crippen LogP) is 2.50. The Hall–Kier alpha value is -1.32. The first-order valence-corrected chi connectivity index (χ1v) is 5.74. The minimum atomic E-state index is -0.416. The van der Waals surface area contributed by atoms with Crippen LogP contribution in [0.4, 0.5) is 0 Å². The molecule has 3 rings (SSSR count). The van der Waals surface area contributed by atoms with E-state index >= 15 is 0 Å². The minimum absolute atomic E-state index is 0.214. The Morgan fingerprint density at radius 3 is 2.75 bits per heavy atom. The van der Waals surface area contributed by atoms with Crippen molar-refractivity contribution in [1.82, 2.24) is 0 Å². The molecule has 1 aromatic carbocycles. The fourth-order valence-corrected chi connectivity index (χ4v) is 2.40. The van der Waals surface area contributed by atoms with Crippen LogP contribution in [-0.4, -0.2) is 12.9 Å². The van der Waals surface area contributed by atoms with Gasteiger partial charge in [0.2, 0.25) is 12.9 Å². The normalized spacial score (nSPS) is 19.1. The van der Waals surface area contributed by atoms with Gasteiger partial charge in [-0.1, -0.05) is 6.07 Å². The lowest BCUT2D eigenvalue weighted by molar-refractivity contribution is 0.172. The molecular weight excluding hydrogens is 274 g/mol. The second-order valence-corrected chi connectivity index (χ2v) is 4.75. The minimum Gasteiger partial charge on any atom is -0.453 e. The van der Waals surface area contributed by atoms with Crippen molar-refractivity contribution in [2.24, 2.45) is 4.99 Å². The summed E-state index contributed by atoms with van der Waals surface area (Å²) in [4.78, 5) is 14.3. The van der Waals surface area contributed by atoms with Gasteiger partial charge < -0.3 is 9.47 Å². The van der Waals surface area contributed by atoms with E-state index in [2.05, 4.69) is 20.9 Å². The number of isocyanates is 1. The lowest BCUT2D eigenvalue weighted by atomic mass is 10.0. The monoisotopic (exact) mass is 281 g/mol. The smallest absolute Gasteiger partial charge is 0.235 e. The highest BCUT2D eigenvalue weighted by Gasteiger charge is 2.48. The van der Waals surface area contributed by atoms with Crippen molar-refractivity contribution in [1.29, 1.82) is 0 Å². The number of nitrogens with zero attached hydrogens (tertiary/aromatic N) is 1. The van der Waals surface area contributed by atoms with Gasteiger partial charge in [0, 0.05) is 5.56 Å². The molecule has 16 heavy (non-hydrogen) atoms. The number of hydrogen-bond donors (Lipinski definition) is 0. The van der Waals surface area contributed by atoms with E-state index in [1.807, 2.05) is 12.1 Å². The molecule has 82 valence electrons. The van der Waals surface area contributed by atoms with Crippen molar-refractivity contribution in [3.8, 4) is 11.5 Å². The highest BCUT2D eigenvalue weighted by molar-refractivity contribution is 9.10. The summed E-state index contributed by atoms with van der Waals surface area (Å²) >= 11 is 3.39. The Morgan fingerprint density at radius 1 is 1.31 bits per heavy atom. The van der Waals surface area contributed by atoms with E-state index in [0.29, 0.717) is 11.5 Å². The molecule has 1 fully saturated rings. The van der Waals surface area contributed by atoms with E-state index in [-0.39, 0.29) is 6.79 Å². The Kier molecular flexibility index (Phi) is 2.06. The molecule has 4 nitrogen and oxygen atoms in total. The van der Waals surface area contributed by atoms with Crippen LogP contribution in [0.3, 0.4) is 0 Å². The number of ether oxygens (including phenoxy) is 2. The fraction of sp³-hybridized carbons (Fsp3) is 0.364. The summed E-state index contributed by atoms with van der Waals surface area (Å²) in [7, 11) is 0. The first-order chi connectivity index (χ1) is 7.77. The van der Waals surface area contributed by atoms with E-state index in [0.717, 1.165) is 22.9 Å². The van der Waals surface area contributed by atoms with Crippen molar-refractivity contribution in [2.45, 2.75) is 18.4 Å². The van der Waals surface area contributed by atoms with Crippen molar-refractivity contribution in [3.63, 3.8) is 0 Å². The average molecular weight is 282 g/mol. The van der Waals surface area contributed by atoms with Crippen LogP contribution in [0.1, 0.15) is 18.4 Å². The van der Waals surface area contributed by atoms with Gasteiger partial charge in [0.05, 0.1) is 4.47 Å². The lowest BCUT2D eigenvalue weighted by Crippen LogP contribution is -2.04. The highest BCUT2D eigenvalue weighted by Crippen LogP contribution is 2.56. The SMILES string of the molecule is O=C=NC1(c2ccc(Br)c3c2OCO3)CC1. The predicted molar refractivity (Wildman–Crippen MR) is 59.3 cm³/mol. The van der Waals surface area contributed by atoms with Crippen LogP contribution in [0.2, 0.25) is 0 Å². The number of hydrogen-bond acceptors (Lipinski definition) is 4. The number of fused-ring (bicyclic) bond motifs is 1. The van der Waals surface area contributed by atoms with Crippen molar-refractivity contribution in [3.05, 3.63) is 22.2 Å². The van der Waals surface area contributed by atoms with E-state index < -0.39 is 5.54 Å². The average Bonchev–Trinajstić information content (AvgIpc) is 2.88. The van der Waals surface area contributed by atoms with Crippen LogP contribution in [0.5, 0.6) is 11.5 Å². The Bertz CT molecular complexity index is 504. The van der Waals surface area contributed by atoms with Crippen LogP contribution < -0.4 is 9.47 Å². The van der Waals surface area contributed by atoms with Crippen LogP contribution in [0.15, 0.2) is 21.6 Å². The Morgan fingerprint density at radius 2 is 2.06 bits per heavy atom. The molecule has 0 unspecified atom stereocenters. The number of carbonyl (C=O) groups excluding carboxylic acids is 1. The number of aliphatic imine (C=N–C) groups is 1. The van der Waals surface area contributed by atoms with Gasteiger partial charge in [-0.25, -0.2) is 4.79 Å². The highest BCUT2D eigenvalue weighted by atomic mass is 79.9. The molecule has 0 saturated heterocycles. The van der Waals surface area contributed by atoms with Crippen LogP contribution >= 0.6 is 15.9 Å². The summed E-state index contributed by atoms with van der Waals surface area (Å²) in [5.41, 5.74) is 0.506. The zero-order valence-corrected chi connectivity index (χ0v) is 9.91. The van der Waals surface area contributed by atoms with Gasteiger partial charge in [-0.15, -0.1) is 0 Å². The molecule has 0 amide bonds. The third-order valence-electron chi connectivity index (χ3n) is 2.96. The van der Waals surface area contributed by atoms with Crippen molar-refractivity contribution in [2.75, 3.05) is 6.79 Å². The molecule has 1 aromatic rings. The maximum Gasteiger partial charge on any atom is 0.235 e. The summed E-state index contributed by atoms with van der Waals surface area (Å²) in [6.45, 7) is 0.214. The molecule has 1 saturated carbocycles. The summed E-state index contributed by atoms with van der Waals surface area (Å²) < 4.78 is 11.7. The standard InChI is InChI=1S/C11H8BrNO3/c12-8-2-1-7(9-10(8)16-6-15-9)11(3-4-11)13-5-14/h1-2H,3-4,6H2. The largest absolute Gasteiger partial charge is 0.453 e. The van der Waals surface area contributed by atoms with E-state index in [9.17, 15) is 4.79 Å². The molecule has 0 radical (unpaired) electrons. The molecule has 5 heteroatoms. The van der Waals surface area contributed by atoms with E-state index in [1.165, 1.54) is 0 Å². The third kappa shape index (κ3) is 1.29. The van der Waals surface area contributed by atoms with E-state index in [1.54, 1.807) is 6.08 Å². The maximum atomic E-state index is 10.4. The molecule has 0 aromatic heterocycles. The summed E-state index contributed by atoms with van der Waals surface area (Å²) in [5.74, 6) is 1.40. The molecule has 1 aliphatic carbocycles. The fourth-order valence-electron chi connectivity index (χ4n) is 1.98. The zero-order chi connectivity index (χ0) is 11.2. The maximum absolute atomic E-state index is 10.4. The lowest BCUT2D eigenvalue weighted by Gasteiger charge is -2.11. The molecule has 1 aliphatic heterocycles. The molecule has 0 N–H and O–H groups in total. The second kappa shape index (κ2) is 3.34. The third-order valence-corrected chi connectivity index (χ3v) is 3.58. The van der Waals surface area contributed by atoms with Crippen LogP contribution in [0, 0.1) is 0 Å². The van der Waals surface area contributed by atoms with Crippen LogP contribution in [0.25, 0.3) is 0 Å². The van der Waals surface area contributed by atoms with Gasteiger partial charge in [0.1, 0.15) is 5.54 Å². The molecule has 2 aliphatic rings. The molecule has 0 atom stereocenters. The summed E-state index contributed by atoms with van der Waals surface area (Å²) in [6.07, 6.45) is 3.36. The van der Waals surface area contributed by atoms with Gasteiger partial charge in [-0.2, -0.15) is 4.99 Å². The first-order valence-electron chi connectivity index (χ1n) is 4.94. The number of rotatable bonds is 2. The molecular formula is C11H8BrNO3. The van der Waals surface area contributed by atoms with E-state index in [4.69, 9.17) is 9.47 Å². The first kappa shape index (κ1) is 9.87. The number of benzene rings is 1. The topological polar surface area (TPSA) is 47.9 Å². The second-order valence-electron chi connectivity index (χ2n) is 3.89. The van der Waals surface area contributed by atoms with Gasteiger partial charge in [0.15, 0.2) is 11.5 Å². The molecule has 0 bridgehead atoms. The summed E-state index contributed by atoms with van der Waals surface area (Å²) in [5, 5.41) is 0. The number of halogens is 1. The molecule has 0 spiro atoms. The van der Waals surface area contributed by atoms with Crippen LogP contribution in [-0.2, 0) is 10.3 Å². The zero-order valence-electron chi connectivity index (χ0n) is 8.33.